The van der Waals surface area contributed by atoms with Gasteiger partial charge in [-0.05, 0) is 110 Å². The molecule has 5 aliphatic rings. The van der Waals surface area contributed by atoms with E-state index in [2.05, 4.69) is 34.6 Å². The van der Waals surface area contributed by atoms with Crippen LogP contribution in [-0.4, -0.2) is 11.1 Å². The molecule has 29 heavy (non-hydrogen) atoms. The number of carboxylic acids is 1. The molecule has 5 fully saturated rings. The molecule has 5 rings (SSSR count). The number of aliphatic carboxylic acids is 1. The van der Waals surface area contributed by atoms with Crippen molar-refractivity contribution in [3.05, 3.63) is 0 Å². The average molecular weight is 401 g/mol. The lowest BCUT2D eigenvalue weighted by atomic mass is 9.32. The van der Waals surface area contributed by atoms with Crippen LogP contribution in [0, 0.1) is 50.7 Å². The highest BCUT2D eigenvalue weighted by molar-refractivity contribution is 5.76. The summed E-state index contributed by atoms with van der Waals surface area (Å²) in [5.41, 5.74) is 1.31. The standard InChI is InChI=1S/C27H44O2/c1-23(2)12-7-13-24(3)20(23)11-15-26(5)21(24)10-9-18-19-8-6-14-27(19,22(28)29)17-16-25(18,26)4/h18-21H,6-17H2,1-5H3,(H,28,29)/t18?,19-,20+,21?,24?,25-,26?,27?/m1/s1. The van der Waals surface area contributed by atoms with Crippen molar-refractivity contribution >= 4 is 5.97 Å². The molecule has 0 aromatic heterocycles. The number of hydrogen-bond acceptors (Lipinski definition) is 1. The number of carboxylic acid groups (broad SMARTS) is 1. The van der Waals surface area contributed by atoms with Gasteiger partial charge in [-0.3, -0.25) is 4.79 Å². The SMILES string of the molecule is CC1(C)CCCC2(C)C3CCC4[C@H]5CCCC5(C(=O)O)CC[C@@]4(C)C3(C)CC[C@@H]12. The first-order valence-electron chi connectivity index (χ1n) is 12.7. The van der Waals surface area contributed by atoms with Crippen LogP contribution < -0.4 is 0 Å². The smallest absolute Gasteiger partial charge is 0.309 e. The fraction of sp³-hybridized carbons (Fsp3) is 0.963. The summed E-state index contributed by atoms with van der Waals surface area (Å²) in [7, 11) is 0. The molecule has 0 bridgehead atoms. The minimum Gasteiger partial charge on any atom is -0.481 e. The summed E-state index contributed by atoms with van der Waals surface area (Å²) in [6.45, 7) is 13.0. The maximum absolute atomic E-state index is 12.4. The molecule has 2 heteroatoms. The fourth-order valence-corrected chi connectivity index (χ4v) is 11.0. The van der Waals surface area contributed by atoms with E-state index in [1.807, 2.05) is 0 Å². The Bertz CT molecular complexity index is 711. The van der Waals surface area contributed by atoms with E-state index in [9.17, 15) is 9.90 Å². The summed E-state index contributed by atoms with van der Waals surface area (Å²) in [5.74, 6) is 2.29. The largest absolute Gasteiger partial charge is 0.481 e. The van der Waals surface area contributed by atoms with Crippen molar-refractivity contribution in [3.63, 3.8) is 0 Å². The Morgan fingerprint density at radius 1 is 0.690 bits per heavy atom. The van der Waals surface area contributed by atoms with Gasteiger partial charge in [-0.25, -0.2) is 0 Å². The van der Waals surface area contributed by atoms with Crippen LogP contribution in [0.15, 0.2) is 0 Å². The lowest BCUT2D eigenvalue weighted by molar-refractivity contribution is -0.235. The first-order chi connectivity index (χ1) is 13.5. The Hall–Kier alpha value is -0.530. The van der Waals surface area contributed by atoms with E-state index in [0.717, 1.165) is 37.5 Å². The lowest BCUT2D eigenvalue weighted by Crippen LogP contribution is -2.65. The number of fused-ring (bicyclic) bond motifs is 7. The third-order valence-electron chi connectivity index (χ3n) is 12.5. The zero-order chi connectivity index (χ0) is 20.9. The molecule has 0 radical (unpaired) electrons. The third-order valence-corrected chi connectivity index (χ3v) is 12.5. The molecule has 2 nitrogen and oxygen atoms in total. The van der Waals surface area contributed by atoms with Crippen LogP contribution in [0.5, 0.6) is 0 Å². The molecule has 0 saturated heterocycles. The van der Waals surface area contributed by atoms with E-state index in [1.165, 1.54) is 51.4 Å². The van der Waals surface area contributed by atoms with Crippen molar-refractivity contribution in [1.29, 1.82) is 0 Å². The highest BCUT2D eigenvalue weighted by atomic mass is 16.4. The van der Waals surface area contributed by atoms with E-state index in [0.29, 0.717) is 33.5 Å². The molecule has 0 amide bonds. The minimum absolute atomic E-state index is 0.333. The Balaban J connectivity index is 1.54. The summed E-state index contributed by atoms with van der Waals surface area (Å²) in [4.78, 5) is 12.4. The molecule has 164 valence electrons. The molecular formula is C27H44O2. The number of hydrogen-bond donors (Lipinski definition) is 1. The first-order valence-corrected chi connectivity index (χ1v) is 12.7. The third kappa shape index (κ3) is 2.33. The Kier molecular flexibility index (Phi) is 4.24. The molecular weight excluding hydrogens is 356 g/mol. The van der Waals surface area contributed by atoms with E-state index in [4.69, 9.17) is 0 Å². The van der Waals surface area contributed by atoms with Crippen molar-refractivity contribution in [1.82, 2.24) is 0 Å². The molecule has 5 unspecified atom stereocenters. The molecule has 1 N–H and O–H groups in total. The van der Waals surface area contributed by atoms with Crippen molar-refractivity contribution in [2.24, 2.45) is 50.7 Å². The summed E-state index contributed by atoms with van der Waals surface area (Å²) < 4.78 is 0. The molecule has 0 aromatic rings. The molecule has 0 aliphatic heterocycles. The van der Waals surface area contributed by atoms with Crippen LogP contribution in [0.4, 0.5) is 0 Å². The lowest BCUT2D eigenvalue weighted by Gasteiger charge is -2.72. The maximum atomic E-state index is 12.4. The zero-order valence-corrected chi connectivity index (χ0v) is 19.7. The van der Waals surface area contributed by atoms with Gasteiger partial charge < -0.3 is 5.11 Å². The van der Waals surface area contributed by atoms with Gasteiger partial charge in [-0.1, -0.05) is 47.5 Å². The quantitative estimate of drug-likeness (QED) is 0.501. The Labute approximate surface area is 178 Å². The highest BCUT2D eigenvalue weighted by Gasteiger charge is 2.70. The minimum atomic E-state index is -0.473. The molecule has 8 atom stereocenters. The predicted molar refractivity (Wildman–Crippen MR) is 118 cm³/mol. The van der Waals surface area contributed by atoms with Crippen LogP contribution in [0.3, 0.4) is 0 Å². The molecule has 0 heterocycles. The molecule has 0 aromatic carbocycles. The van der Waals surface area contributed by atoms with Gasteiger partial charge in [-0.15, -0.1) is 0 Å². The van der Waals surface area contributed by atoms with Crippen LogP contribution >= 0.6 is 0 Å². The van der Waals surface area contributed by atoms with Gasteiger partial charge in [0.05, 0.1) is 5.41 Å². The van der Waals surface area contributed by atoms with Crippen LogP contribution in [0.25, 0.3) is 0 Å². The Morgan fingerprint density at radius 2 is 1.45 bits per heavy atom. The fourth-order valence-electron chi connectivity index (χ4n) is 11.0. The van der Waals surface area contributed by atoms with E-state index < -0.39 is 5.97 Å². The van der Waals surface area contributed by atoms with Crippen LogP contribution in [0.1, 0.15) is 112 Å². The van der Waals surface area contributed by atoms with Crippen molar-refractivity contribution in [2.45, 2.75) is 112 Å². The monoisotopic (exact) mass is 400 g/mol. The van der Waals surface area contributed by atoms with Crippen LogP contribution in [0.2, 0.25) is 0 Å². The van der Waals surface area contributed by atoms with E-state index in [1.54, 1.807) is 0 Å². The topological polar surface area (TPSA) is 37.3 Å². The van der Waals surface area contributed by atoms with Gasteiger partial charge in [-0.2, -0.15) is 0 Å². The van der Waals surface area contributed by atoms with Crippen molar-refractivity contribution in [2.75, 3.05) is 0 Å². The van der Waals surface area contributed by atoms with E-state index in [-0.39, 0.29) is 5.41 Å². The summed E-state index contributed by atoms with van der Waals surface area (Å²) in [6, 6.07) is 0. The molecule has 0 spiro atoms. The van der Waals surface area contributed by atoms with E-state index >= 15 is 0 Å². The highest BCUT2D eigenvalue weighted by Crippen LogP contribution is 2.76. The van der Waals surface area contributed by atoms with Gasteiger partial charge >= 0.3 is 5.97 Å². The van der Waals surface area contributed by atoms with Gasteiger partial charge in [0.2, 0.25) is 0 Å². The molecule has 5 saturated carbocycles. The summed E-state index contributed by atoms with van der Waals surface area (Å²) in [5, 5.41) is 10.2. The second-order valence-electron chi connectivity index (χ2n) is 13.5. The maximum Gasteiger partial charge on any atom is 0.309 e. The van der Waals surface area contributed by atoms with Gasteiger partial charge in [0.15, 0.2) is 0 Å². The number of carbonyl (C=O) groups is 1. The second-order valence-corrected chi connectivity index (χ2v) is 13.5. The first kappa shape index (κ1) is 20.4. The van der Waals surface area contributed by atoms with Crippen LogP contribution in [-0.2, 0) is 4.79 Å². The normalized spacial score (nSPS) is 55.9. The van der Waals surface area contributed by atoms with Crippen molar-refractivity contribution in [3.8, 4) is 0 Å². The van der Waals surface area contributed by atoms with Crippen molar-refractivity contribution < 1.29 is 9.90 Å². The second kappa shape index (κ2) is 6.04. The predicted octanol–water partition coefficient (Wildman–Crippen LogP) is 7.32. The van der Waals surface area contributed by atoms with Gasteiger partial charge in [0.25, 0.3) is 0 Å². The summed E-state index contributed by atoms with van der Waals surface area (Å²) in [6.07, 6.45) is 15.0. The summed E-state index contributed by atoms with van der Waals surface area (Å²) >= 11 is 0. The van der Waals surface area contributed by atoms with Gasteiger partial charge in [0.1, 0.15) is 0 Å². The number of rotatable bonds is 1. The Morgan fingerprint density at radius 3 is 2.17 bits per heavy atom. The van der Waals surface area contributed by atoms with Gasteiger partial charge in [0, 0.05) is 0 Å². The molecule has 5 aliphatic carbocycles. The zero-order valence-electron chi connectivity index (χ0n) is 19.7. The average Bonchev–Trinajstić information content (AvgIpc) is 3.07.